The summed E-state index contributed by atoms with van der Waals surface area (Å²) in [5.41, 5.74) is -2.50. The zero-order chi connectivity index (χ0) is 29.6. The molecule has 0 saturated heterocycles. The third-order valence-corrected chi connectivity index (χ3v) is 6.63. The Balaban J connectivity index is 2.57. The van der Waals surface area contributed by atoms with Gasteiger partial charge in [0.05, 0.1) is 0 Å². The third-order valence-electron chi connectivity index (χ3n) is 6.63. The van der Waals surface area contributed by atoms with Crippen molar-refractivity contribution in [2.45, 2.75) is 63.9 Å². The highest BCUT2D eigenvalue weighted by atomic mass is 19.4. The maximum Gasteiger partial charge on any atom is 0.438 e. The summed E-state index contributed by atoms with van der Waals surface area (Å²) >= 11 is 0. The summed E-state index contributed by atoms with van der Waals surface area (Å²) < 4.78 is 95.3. The first-order chi connectivity index (χ1) is 18.1. The van der Waals surface area contributed by atoms with E-state index >= 15 is 0 Å². The molecule has 0 heterocycles. The molecule has 0 aliphatic rings. The van der Waals surface area contributed by atoms with E-state index in [2.05, 4.69) is 9.47 Å². The Hall–Kier alpha value is -3.23. The van der Waals surface area contributed by atoms with Crippen LogP contribution in [-0.2, 0) is 19.7 Å². The van der Waals surface area contributed by atoms with E-state index in [0.29, 0.717) is 29.7 Å². The summed E-state index contributed by atoms with van der Waals surface area (Å²) in [6.45, 7) is 5.50. The second kappa shape index (κ2) is 12.3. The number of methoxy groups -OCH3 is 1. The van der Waals surface area contributed by atoms with Gasteiger partial charge in [-0.3, -0.25) is 0 Å². The van der Waals surface area contributed by atoms with E-state index in [9.17, 15) is 31.1 Å². The van der Waals surface area contributed by atoms with E-state index in [1.807, 2.05) is 31.9 Å². The SMILES string of the molecule is CCC(CC)(c1ccc(C#CC(OCOC)(C(F)(F)F)C(F)(F)F)c(C)c1)c1ccc(OCC(=O)O)c(C)c1. The Morgan fingerprint density at radius 1 is 0.897 bits per heavy atom. The molecule has 1 N–H and O–H groups in total. The Bertz CT molecular complexity index is 1210. The molecule has 0 aromatic heterocycles. The fraction of sp³-hybridized carbons (Fsp3) is 0.464. The lowest BCUT2D eigenvalue weighted by molar-refractivity contribution is -0.368. The van der Waals surface area contributed by atoms with Gasteiger partial charge < -0.3 is 19.3 Å². The maximum atomic E-state index is 13.6. The molecule has 0 atom stereocenters. The number of halogens is 6. The standard InChI is InChI=1S/C28H30F6O5/c1-6-25(7-2,22-10-11-23(19(4)15-22)38-16-24(35)36)21-9-8-20(18(3)14-21)12-13-26(27(29,30)31,28(32,33)34)39-17-37-5/h8-11,14-15H,6-7,16-17H2,1-5H3,(H,35,36). The maximum absolute atomic E-state index is 13.6. The van der Waals surface area contributed by atoms with Crippen LogP contribution in [0.3, 0.4) is 0 Å². The van der Waals surface area contributed by atoms with Crippen molar-refractivity contribution < 1.29 is 50.5 Å². The first kappa shape index (κ1) is 32.0. The van der Waals surface area contributed by atoms with Crippen LogP contribution < -0.4 is 4.74 Å². The van der Waals surface area contributed by atoms with Gasteiger partial charge in [0, 0.05) is 18.1 Å². The zero-order valence-corrected chi connectivity index (χ0v) is 22.1. The van der Waals surface area contributed by atoms with Crippen LogP contribution in [0.4, 0.5) is 26.3 Å². The lowest BCUT2D eigenvalue weighted by atomic mass is 9.70. The minimum atomic E-state index is -5.87. The fourth-order valence-electron chi connectivity index (χ4n) is 4.39. The minimum absolute atomic E-state index is 0.0210. The van der Waals surface area contributed by atoms with Gasteiger partial charge in [-0.1, -0.05) is 44.0 Å². The molecule has 0 spiro atoms. The molecule has 11 heteroatoms. The summed E-state index contributed by atoms with van der Waals surface area (Å²) in [5, 5.41) is 8.86. The average Bonchev–Trinajstić information content (AvgIpc) is 2.84. The summed E-state index contributed by atoms with van der Waals surface area (Å²) in [7, 11) is 0.902. The van der Waals surface area contributed by atoms with Crippen LogP contribution in [0.5, 0.6) is 5.75 Å². The topological polar surface area (TPSA) is 65.0 Å². The van der Waals surface area contributed by atoms with Gasteiger partial charge in [-0.2, -0.15) is 26.3 Å². The molecule has 39 heavy (non-hydrogen) atoms. The molecule has 0 radical (unpaired) electrons. The Kier molecular flexibility index (Phi) is 10.1. The van der Waals surface area contributed by atoms with Crippen LogP contribution in [-0.4, -0.2) is 49.5 Å². The van der Waals surface area contributed by atoms with E-state index in [1.54, 1.807) is 32.0 Å². The number of aryl methyl sites for hydroxylation is 2. The normalized spacial score (nSPS) is 12.6. The predicted molar refractivity (Wildman–Crippen MR) is 132 cm³/mol. The number of carbonyl (C=O) groups is 1. The van der Waals surface area contributed by atoms with Gasteiger partial charge >= 0.3 is 23.9 Å². The predicted octanol–water partition coefficient (Wildman–Crippen LogP) is 6.71. The Labute approximate surface area is 223 Å². The van der Waals surface area contributed by atoms with Gasteiger partial charge in [-0.05, 0) is 67.0 Å². The van der Waals surface area contributed by atoms with Crippen molar-refractivity contribution in [2.75, 3.05) is 20.5 Å². The highest BCUT2D eigenvalue weighted by Gasteiger charge is 2.72. The van der Waals surface area contributed by atoms with E-state index < -0.39 is 42.7 Å². The number of alkyl halides is 6. The molecular weight excluding hydrogens is 530 g/mol. The van der Waals surface area contributed by atoms with Gasteiger partial charge in [0.25, 0.3) is 0 Å². The van der Waals surface area contributed by atoms with Crippen molar-refractivity contribution in [3.63, 3.8) is 0 Å². The highest BCUT2D eigenvalue weighted by molar-refractivity contribution is 5.68. The number of hydrogen-bond acceptors (Lipinski definition) is 4. The van der Waals surface area contributed by atoms with Crippen molar-refractivity contribution in [2.24, 2.45) is 0 Å². The van der Waals surface area contributed by atoms with Crippen molar-refractivity contribution in [1.82, 2.24) is 0 Å². The number of carboxylic acids is 1. The number of aliphatic carboxylic acids is 1. The van der Waals surface area contributed by atoms with Crippen molar-refractivity contribution in [3.8, 4) is 17.6 Å². The van der Waals surface area contributed by atoms with E-state index in [1.165, 1.54) is 12.0 Å². The van der Waals surface area contributed by atoms with Gasteiger partial charge in [-0.25, -0.2) is 4.79 Å². The van der Waals surface area contributed by atoms with Crippen molar-refractivity contribution in [1.29, 1.82) is 0 Å². The number of ether oxygens (including phenoxy) is 3. The molecule has 2 aromatic carbocycles. The summed E-state index contributed by atoms with van der Waals surface area (Å²) in [6, 6.07) is 10.1. The average molecular weight is 561 g/mol. The fourth-order valence-corrected chi connectivity index (χ4v) is 4.39. The molecule has 0 bridgehead atoms. The molecule has 2 aromatic rings. The van der Waals surface area contributed by atoms with Gasteiger partial charge in [0.1, 0.15) is 12.5 Å². The lowest BCUT2D eigenvalue weighted by Gasteiger charge is -2.34. The quantitative estimate of drug-likeness (QED) is 0.199. The Morgan fingerprint density at radius 2 is 1.44 bits per heavy atom. The van der Waals surface area contributed by atoms with Crippen LogP contribution in [0.15, 0.2) is 36.4 Å². The van der Waals surface area contributed by atoms with Gasteiger partial charge in [0.15, 0.2) is 6.61 Å². The zero-order valence-electron chi connectivity index (χ0n) is 22.1. The molecule has 2 rings (SSSR count). The van der Waals surface area contributed by atoms with E-state index in [0.717, 1.165) is 18.2 Å². The van der Waals surface area contributed by atoms with Gasteiger partial charge in [-0.15, -0.1) is 0 Å². The lowest BCUT2D eigenvalue weighted by Crippen LogP contribution is -2.58. The van der Waals surface area contributed by atoms with Gasteiger partial charge in [0.2, 0.25) is 0 Å². The molecule has 0 fully saturated rings. The summed E-state index contributed by atoms with van der Waals surface area (Å²) in [5.74, 6) is 2.64. The highest BCUT2D eigenvalue weighted by Crippen LogP contribution is 2.46. The van der Waals surface area contributed by atoms with Crippen LogP contribution >= 0.6 is 0 Å². The first-order valence-electron chi connectivity index (χ1n) is 11.9. The summed E-state index contributed by atoms with van der Waals surface area (Å²) in [4.78, 5) is 10.8. The molecule has 214 valence electrons. The second-order valence-corrected chi connectivity index (χ2v) is 8.96. The number of benzene rings is 2. The van der Waals surface area contributed by atoms with Crippen molar-refractivity contribution >= 4 is 5.97 Å². The molecule has 0 amide bonds. The van der Waals surface area contributed by atoms with Crippen molar-refractivity contribution in [3.05, 3.63) is 64.2 Å². The number of hydrogen-bond donors (Lipinski definition) is 1. The summed E-state index contributed by atoms with van der Waals surface area (Å²) in [6.07, 6.45) is -10.5. The monoisotopic (exact) mass is 560 g/mol. The molecule has 0 unspecified atom stereocenters. The second-order valence-electron chi connectivity index (χ2n) is 8.96. The smallest absolute Gasteiger partial charge is 0.438 e. The van der Waals surface area contributed by atoms with Crippen LogP contribution in [0.2, 0.25) is 0 Å². The van der Waals surface area contributed by atoms with E-state index in [-0.39, 0.29) is 5.56 Å². The molecular formula is C28H30F6O5. The first-order valence-corrected chi connectivity index (χ1v) is 11.9. The largest absolute Gasteiger partial charge is 0.482 e. The third kappa shape index (κ3) is 6.68. The molecule has 0 saturated carbocycles. The Morgan fingerprint density at radius 3 is 1.87 bits per heavy atom. The van der Waals surface area contributed by atoms with E-state index in [4.69, 9.17) is 9.84 Å². The molecule has 0 aliphatic heterocycles. The molecule has 5 nitrogen and oxygen atoms in total. The van der Waals surface area contributed by atoms with Crippen LogP contribution in [0.1, 0.15) is 54.5 Å². The van der Waals surface area contributed by atoms with Crippen LogP contribution in [0.25, 0.3) is 0 Å². The minimum Gasteiger partial charge on any atom is -0.482 e. The number of carboxylic acid groups (broad SMARTS) is 1. The van der Waals surface area contributed by atoms with Crippen LogP contribution in [0, 0.1) is 25.7 Å². The molecule has 0 aliphatic carbocycles. The number of rotatable bonds is 10.